The summed E-state index contributed by atoms with van der Waals surface area (Å²) in [7, 11) is 3.46. The Morgan fingerprint density at radius 3 is 2.71 bits per heavy atom. The van der Waals surface area contributed by atoms with Gasteiger partial charge >= 0.3 is 0 Å². The van der Waals surface area contributed by atoms with E-state index in [0.717, 1.165) is 5.69 Å². The molecule has 0 atom stereocenters. The summed E-state index contributed by atoms with van der Waals surface area (Å²) in [6.07, 6.45) is 1.66. The van der Waals surface area contributed by atoms with Gasteiger partial charge in [-0.1, -0.05) is 6.07 Å². The van der Waals surface area contributed by atoms with Crippen molar-refractivity contribution in [2.75, 3.05) is 7.05 Å². The predicted octanol–water partition coefficient (Wildman–Crippen LogP) is 1.91. The Balaban J connectivity index is 2.26. The molecule has 7 heteroatoms. The van der Waals surface area contributed by atoms with Crippen molar-refractivity contribution in [1.29, 1.82) is 0 Å². The molecule has 0 radical (unpaired) electrons. The average Bonchev–Trinajstić information content (AvgIpc) is 2.83. The summed E-state index contributed by atoms with van der Waals surface area (Å²) >= 11 is 0. The monoisotopic (exact) mass is 288 g/mol. The Kier molecular flexibility index (Phi) is 4.02. The van der Waals surface area contributed by atoms with Crippen LogP contribution in [0, 0.1) is 17.0 Å². The van der Waals surface area contributed by atoms with Crippen LogP contribution in [0.3, 0.4) is 0 Å². The summed E-state index contributed by atoms with van der Waals surface area (Å²) in [6, 6.07) is 6.35. The van der Waals surface area contributed by atoms with Crippen LogP contribution in [0.5, 0.6) is 0 Å². The van der Waals surface area contributed by atoms with Gasteiger partial charge in [-0.15, -0.1) is 0 Å². The fourth-order valence-corrected chi connectivity index (χ4v) is 2.13. The number of aryl methyl sites for hydroxylation is 1. The predicted molar refractivity (Wildman–Crippen MR) is 76.8 cm³/mol. The van der Waals surface area contributed by atoms with E-state index in [1.54, 1.807) is 38.0 Å². The molecule has 2 rings (SSSR count). The van der Waals surface area contributed by atoms with Crippen LogP contribution in [-0.4, -0.2) is 32.6 Å². The first-order valence-electron chi connectivity index (χ1n) is 6.38. The molecule has 0 aliphatic rings. The fraction of sp³-hybridized carbons (Fsp3) is 0.286. The maximum Gasteiger partial charge on any atom is 0.273 e. The highest BCUT2D eigenvalue weighted by molar-refractivity contribution is 5.96. The number of hydrogen-bond acceptors (Lipinski definition) is 4. The third-order valence-corrected chi connectivity index (χ3v) is 3.40. The molecule has 1 heterocycles. The van der Waals surface area contributed by atoms with E-state index in [0.29, 0.717) is 17.7 Å². The minimum atomic E-state index is -0.479. The molecule has 0 saturated carbocycles. The molecule has 2 aromatic rings. The molecule has 21 heavy (non-hydrogen) atoms. The molecule has 1 amide bonds. The Bertz CT molecular complexity index is 693. The highest BCUT2D eigenvalue weighted by Crippen LogP contribution is 2.22. The second-order valence-corrected chi connectivity index (χ2v) is 4.81. The molecule has 0 aliphatic heterocycles. The van der Waals surface area contributed by atoms with E-state index in [9.17, 15) is 14.9 Å². The van der Waals surface area contributed by atoms with Gasteiger partial charge in [0.1, 0.15) is 0 Å². The second-order valence-electron chi connectivity index (χ2n) is 4.81. The number of amides is 1. The molecule has 0 spiro atoms. The van der Waals surface area contributed by atoms with Crippen LogP contribution in [0.25, 0.3) is 0 Å². The first kappa shape index (κ1) is 14.7. The zero-order chi connectivity index (χ0) is 15.6. The summed E-state index contributed by atoms with van der Waals surface area (Å²) in [6.45, 7) is 1.97. The van der Waals surface area contributed by atoms with Gasteiger partial charge in [0.25, 0.3) is 11.6 Å². The number of hydrogen-bond donors (Lipinski definition) is 0. The van der Waals surface area contributed by atoms with Crippen LogP contribution >= 0.6 is 0 Å². The van der Waals surface area contributed by atoms with E-state index in [1.165, 1.54) is 17.0 Å². The number of nitrogens with zero attached hydrogens (tertiary/aromatic N) is 4. The molecule has 0 N–H and O–H groups in total. The van der Waals surface area contributed by atoms with Crippen LogP contribution in [0.15, 0.2) is 30.5 Å². The zero-order valence-electron chi connectivity index (χ0n) is 12.1. The molecule has 0 fully saturated rings. The molecule has 0 aliphatic carbocycles. The number of carbonyl (C=O) groups excluding carboxylic acids is 1. The molecule has 0 bridgehead atoms. The molecule has 1 aromatic heterocycles. The van der Waals surface area contributed by atoms with Crippen LogP contribution < -0.4 is 0 Å². The lowest BCUT2D eigenvalue weighted by molar-refractivity contribution is -0.385. The van der Waals surface area contributed by atoms with Crippen molar-refractivity contribution in [3.05, 3.63) is 57.4 Å². The summed E-state index contributed by atoms with van der Waals surface area (Å²) in [5, 5.41) is 15.0. The molecule has 7 nitrogen and oxygen atoms in total. The molecular weight excluding hydrogens is 272 g/mol. The van der Waals surface area contributed by atoms with Gasteiger partial charge in [-0.25, -0.2) is 0 Å². The normalized spacial score (nSPS) is 10.4. The molecule has 0 saturated heterocycles. The van der Waals surface area contributed by atoms with E-state index in [4.69, 9.17) is 0 Å². The van der Waals surface area contributed by atoms with E-state index >= 15 is 0 Å². The Hall–Kier alpha value is -2.70. The number of carbonyl (C=O) groups is 1. The lowest BCUT2D eigenvalue weighted by atomic mass is 10.1. The van der Waals surface area contributed by atoms with Gasteiger partial charge in [0, 0.05) is 37.5 Å². The largest absolute Gasteiger partial charge is 0.336 e. The van der Waals surface area contributed by atoms with Crippen molar-refractivity contribution < 1.29 is 9.72 Å². The van der Waals surface area contributed by atoms with Crippen molar-refractivity contribution in [1.82, 2.24) is 14.7 Å². The van der Waals surface area contributed by atoms with Gasteiger partial charge < -0.3 is 4.90 Å². The van der Waals surface area contributed by atoms with Gasteiger partial charge in [-0.2, -0.15) is 5.10 Å². The van der Waals surface area contributed by atoms with Gasteiger partial charge in [-0.3, -0.25) is 19.6 Å². The van der Waals surface area contributed by atoms with Crippen LogP contribution in [0.4, 0.5) is 5.69 Å². The third kappa shape index (κ3) is 2.91. The van der Waals surface area contributed by atoms with Crippen molar-refractivity contribution in [3.8, 4) is 0 Å². The van der Waals surface area contributed by atoms with Crippen LogP contribution in [0.2, 0.25) is 0 Å². The second kappa shape index (κ2) is 5.74. The SMILES string of the molecule is Cc1c(C(=O)N(C)Cc2ccnn2C)cccc1[N+](=O)[O-]. The highest BCUT2D eigenvalue weighted by Gasteiger charge is 2.20. The molecule has 0 unspecified atom stereocenters. The highest BCUT2D eigenvalue weighted by atomic mass is 16.6. The summed E-state index contributed by atoms with van der Waals surface area (Å²) in [5.41, 5.74) is 1.56. The third-order valence-electron chi connectivity index (χ3n) is 3.40. The maximum absolute atomic E-state index is 12.5. The lowest BCUT2D eigenvalue weighted by Gasteiger charge is -2.18. The number of rotatable bonds is 4. The Morgan fingerprint density at radius 1 is 1.43 bits per heavy atom. The van der Waals surface area contributed by atoms with Gasteiger partial charge in [-0.05, 0) is 19.1 Å². The summed E-state index contributed by atoms with van der Waals surface area (Å²) in [5.74, 6) is -0.252. The zero-order valence-corrected chi connectivity index (χ0v) is 12.1. The van der Waals surface area contributed by atoms with Crippen molar-refractivity contribution in [2.24, 2.45) is 7.05 Å². The van der Waals surface area contributed by atoms with E-state index in [2.05, 4.69) is 5.10 Å². The molecular formula is C14H16N4O3. The quantitative estimate of drug-likeness (QED) is 0.635. The van der Waals surface area contributed by atoms with E-state index < -0.39 is 4.92 Å². The van der Waals surface area contributed by atoms with Crippen molar-refractivity contribution in [2.45, 2.75) is 13.5 Å². The van der Waals surface area contributed by atoms with Crippen molar-refractivity contribution >= 4 is 11.6 Å². The number of nitro benzene ring substituents is 1. The maximum atomic E-state index is 12.5. The van der Waals surface area contributed by atoms with Crippen LogP contribution in [0.1, 0.15) is 21.6 Å². The Labute approximate surface area is 121 Å². The smallest absolute Gasteiger partial charge is 0.273 e. The molecule has 110 valence electrons. The fourth-order valence-electron chi connectivity index (χ4n) is 2.13. The standard InChI is InChI=1S/C14H16N4O3/c1-10-12(5-4-6-13(10)18(20)21)14(19)16(2)9-11-7-8-15-17(11)3/h4-8H,9H2,1-3H3. The van der Waals surface area contributed by atoms with E-state index in [-0.39, 0.29) is 11.6 Å². The first-order valence-corrected chi connectivity index (χ1v) is 6.38. The Morgan fingerprint density at radius 2 is 2.14 bits per heavy atom. The van der Waals surface area contributed by atoms with Gasteiger partial charge in [0.2, 0.25) is 0 Å². The number of aromatic nitrogens is 2. The summed E-state index contributed by atoms with van der Waals surface area (Å²) in [4.78, 5) is 24.4. The number of benzene rings is 1. The van der Waals surface area contributed by atoms with Crippen molar-refractivity contribution in [3.63, 3.8) is 0 Å². The number of nitro groups is 1. The molecule has 1 aromatic carbocycles. The minimum absolute atomic E-state index is 0.0465. The topological polar surface area (TPSA) is 81.3 Å². The summed E-state index contributed by atoms with van der Waals surface area (Å²) < 4.78 is 1.68. The minimum Gasteiger partial charge on any atom is -0.336 e. The first-order chi connectivity index (χ1) is 9.91. The average molecular weight is 288 g/mol. The van der Waals surface area contributed by atoms with Gasteiger partial charge in [0.15, 0.2) is 0 Å². The lowest BCUT2D eigenvalue weighted by Crippen LogP contribution is -2.28. The van der Waals surface area contributed by atoms with E-state index in [1.807, 2.05) is 6.07 Å². The van der Waals surface area contributed by atoms with Gasteiger partial charge in [0.05, 0.1) is 17.2 Å². The van der Waals surface area contributed by atoms with Crippen LogP contribution in [-0.2, 0) is 13.6 Å².